The number of nitrogens with one attached hydrogen (secondary N) is 2. The number of carbonyl (C=O) groups is 1. The van der Waals surface area contributed by atoms with Gasteiger partial charge in [-0.1, -0.05) is 0 Å². The van der Waals surface area contributed by atoms with Crippen LogP contribution in [-0.4, -0.2) is 30.5 Å². The molecule has 1 aromatic rings. The minimum atomic E-state index is -0.145. The first-order valence-electron chi connectivity index (χ1n) is 5.16. The lowest BCUT2D eigenvalue weighted by Crippen LogP contribution is -2.30. The molecule has 15 heavy (non-hydrogen) atoms. The summed E-state index contributed by atoms with van der Waals surface area (Å²) in [4.78, 5) is 15.5. The van der Waals surface area contributed by atoms with Crippen molar-refractivity contribution in [3.8, 4) is 0 Å². The molecule has 2 heterocycles. The van der Waals surface area contributed by atoms with Crippen molar-refractivity contribution in [3.05, 3.63) is 17.8 Å². The van der Waals surface area contributed by atoms with Gasteiger partial charge in [-0.2, -0.15) is 0 Å². The van der Waals surface area contributed by atoms with E-state index in [0.717, 1.165) is 19.5 Å². The van der Waals surface area contributed by atoms with Crippen molar-refractivity contribution in [1.82, 2.24) is 15.6 Å². The Balaban J connectivity index is 1.84. The van der Waals surface area contributed by atoms with Gasteiger partial charge in [0.05, 0.1) is 0 Å². The minimum absolute atomic E-state index is 0.145. The number of oxazole rings is 1. The molecule has 0 bridgehead atoms. The predicted octanol–water partition coefficient (Wildman–Crippen LogP) is 0.322. The van der Waals surface area contributed by atoms with Gasteiger partial charge in [-0.25, -0.2) is 4.98 Å². The molecule has 5 nitrogen and oxygen atoms in total. The highest BCUT2D eigenvalue weighted by Gasteiger charge is 2.17. The van der Waals surface area contributed by atoms with Gasteiger partial charge in [0.2, 0.25) is 0 Å². The highest BCUT2D eigenvalue weighted by molar-refractivity contribution is 5.92. The van der Waals surface area contributed by atoms with Gasteiger partial charge in [-0.15, -0.1) is 0 Å². The Bertz CT molecular complexity index is 342. The van der Waals surface area contributed by atoms with Crippen molar-refractivity contribution in [3.63, 3.8) is 0 Å². The zero-order valence-electron chi connectivity index (χ0n) is 8.75. The molecular formula is C10H15N3O2. The molecule has 0 saturated carbocycles. The van der Waals surface area contributed by atoms with Crippen molar-refractivity contribution in [2.45, 2.75) is 13.3 Å². The molecule has 1 unspecified atom stereocenters. The molecule has 1 amide bonds. The summed E-state index contributed by atoms with van der Waals surface area (Å²) in [6.07, 6.45) is 2.42. The van der Waals surface area contributed by atoms with Gasteiger partial charge in [-0.05, 0) is 32.4 Å². The number of nitrogens with zero attached hydrogens (tertiary/aromatic N) is 1. The molecule has 0 spiro atoms. The maximum atomic E-state index is 11.6. The van der Waals surface area contributed by atoms with Crippen LogP contribution in [0.3, 0.4) is 0 Å². The Morgan fingerprint density at radius 1 is 1.80 bits per heavy atom. The second-order valence-electron chi connectivity index (χ2n) is 3.83. The molecule has 0 aromatic carbocycles. The first kappa shape index (κ1) is 10.2. The van der Waals surface area contributed by atoms with Gasteiger partial charge < -0.3 is 15.1 Å². The molecule has 5 heteroatoms. The highest BCUT2D eigenvalue weighted by atomic mass is 16.3. The lowest BCUT2D eigenvalue weighted by Gasteiger charge is -2.08. The maximum Gasteiger partial charge on any atom is 0.273 e. The summed E-state index contributed by atoms with van der Waals surface area (Å²) < 4.78 is 4.97. The zero-order valence-corrected chi connectivity index (χ0v) is 8.75. The molecule has 0 aliphatic carbocycles. The van der Waals surface area contributed by atoms with Crippen molar-refractivity contribution in [1.29, 1.82) is 0 Å². The van der Waals surface area contributed by atoms with Crippen molar-refractivity contribution < 1.29 is 9.21 Å². The largest absolute Gasteiger partial charge is 0.448 e. The van der Waals surface area contributed by atoms with Crippen molar-refractivity contribution in [2.24, 2.45) is 5.92 Å². The molecule has 1 saturated heterocycles. The lowest BCUT2D eigenvalue weighted by molar-refractivity contribution is 0.0942. The van der Waals surface area contributed by atoms with E-state index in [1.54, 1.807) is 6.92 Å². The topological polar surface area (TPSA) is 67.2 Å². The van der Waals surface area contributed by atoms with E-state index in [4.69, 9.17) is 4.42 Å². The van der Waals surface area contributed by atoms with Gasteiger partial charge in [-0.3, -0.25) is 4.79 Å². The Hall–Kier alpha value is -1.36. The number of rotatable bonds is 3. The number of aromatic nitrogens is 1. The summed E-state index contributed by atoms with van der Waals surface area (Å²) in [5.41, 5.74) is 0.390. The normalized spacial score (nSPS) is 20.5. The number of hydrogen-bond donors (Lipinski definition) is 2. The van der Waals surface area contributed by atoms with Gasteiger partial charge in [0.1, 0.15) is 5.76 Å². The first-order chi connectivity index (χ1) is 7.27. The van der Waals surface area contributed by atoms with Crippen LogP contribution in [0.15, 0.2) is 10.8 Å². The van der Waals surface area contributed by atoms with Crippen molar-refractivity contribution in [2.75, 3.05) is 19.6 Å². The van der Waals surface area contributed by atoms with E-state index in [1.807, 2.05) is 0 Å². The van der Waals surface area contributed by atoms with Crippen LogP contribution in [0.25, 0.3) is 0 Å². The smallest absolute Gasteiger partial charge is 0.273 e. The maximum absolute atomic E-state index is 11.6. The van der Waals surface area contributed by atoms with Gasteiger partial charge in [0.25, 0.3) is 5.91 Å². The molecule has 2 rings (SSSR count). The summed E-state index contributed by atoms with van der Waals surface area (Å²) in [5, 5.41) is 6.12. The molecule has 1 aliphatic rings. The number of hydrogen-bond acceptors (Lipinski definition) is 4. The van der Waals surface area contributed by atoms with Crippen LogP contribution in [0.5, 0.6) is 0 Å². The fourth-order valence-corrected chi connectivity index (χ4v) is 1.73. The Kier molecular flexibility index (Phi) is 3.01. The van der Waals surface area contributed by atoms with E-state index < -0.39 is 0 Å². The molecule has 0 radical (unpaired) electrons. The average molecular weight is 209 g/mol. The number of amides is 1. The van der Waals surface area contributed by atoms with E-state index in [1.165, 1.54) is 6.39 Å². The van der Waals surface area contributed by atoms with Crippen molar-refractivity contribution >= 4 is 5.91 Å². The minimum Gasteiger partial charge on any atom is -0.448 e. The Labute approximate surface area is 88.3 Å². The van der Waals surface area contributed by atoms with Crippen LogP contribution in [0.4, 0.5) is 0 Å². The van der Waals surface area contributed by atoms with Crippen LogP contribution >= 0.6 is 0 Å². The zero-order chi connectivity index (χ0) is 10.7. The molecular weight excluding hydrogens is 194 g/mol. The molecule has 1 aromatic heterocycles. The summed E-state index contributed by atoms with van der Waals surface area (Å²) >= 11 is 0. The van der Waals surface area contributed by atoms with Gasteiger partial charge in [0, 0.05) is 6.54 Å². The number of aryl methyl sites for hydroxylation is 1. The van der Waals surface area contributed by atoms with Gasteiger partial charge in [0.15, 0.2) is 12.1 Å². The summed E-state index contributed by atoms with van der Waals surface area (Å²) in [6, 6.07) is 0. The van der Waals surface area contributed by atoms with E-state index in [-0.39, 0.29) is 5.91 Å². The lowest BCUT2D eigenvalue weighted by atomic mass is 10.1. The molecule has 1 atom stereocenters. The molecule has 82 valence electrons. The average Bonchev–Trinajstić information content (AvgIpc) is 2.84. The van der Waals surface area contributed by atoms with E-state index >= 15 is 0 Å². The molecule has 2 N–H and O–H groups in total. The third-order valence-corrected chi connectivity index (χ3v) is 2.67. The second-order valence-corrected chi connectivity index (χ2v) is 3.83. The van der Waals surface area contributed by atoms with E-state index in [0.29, 0.717) is 23.9 Å². The predicted molar refractivity (Wildman–Crippen MR) is 54.5 cm³/mol. The van der Waals surface area contributed by atoms with Crippen LogP contribution < -0.4 is 10.6 Å². The third-order valence-electron chi connectivity index (χ3n) is 2.67. The summed E-state index contributed by atoms with van der Waals surface area (Å²) in [7, 11) is 0. The van der Waals surface area contributed by atoms with Crippen LogP contribution in [0.2, 0.25) is 0 Å². The highest BCUT2D eigenvalue weighted by Crippen LogP contribution is 2.07. The van der Waals surface area contributed by atoms with Crippen LogP contribution in [-0.2, 0) is 0 Å². The van der Waals surface area contributed by atoms with E-state index in [9.17, 15) is 4.79 Å². The van der Waals surface area contributed by atoms with Gasteiger partial charge >= 0.3 is 0 Å². The summed E-state index contributed by atoms with van der Waals surface area (Å²) in [6.45, 7) is 4.47. The Morgan fingerprint density at radius 2 is 2.67 bits per heavy atom. The monoisotopic (exact) mass is 209 g/mol. The van der Waals surface area contributed by atoms with Crippen LogP contribution in [0.1, 0.15) is 22.7 Å². The fraction of sp³-hybridized carbons (Fsp3) is 0.600. The first-order valence-corrected chi connectivity index (χ1v) is 5.16. The quantitative estimate of drug-likeness (QED) is 0.752. The third kappa shape index (κ3) is 2.36. The fourth-order valence-electron chi connectivity index (χ4n) is 1.73. The SMILES string of the molecule is Cc1ocnc1C(=O)NCC1CCNC1. The Morgan fingerprint density at radius 3 is 3.27 bits per heavy atom. The van der Waals surface area contributed by atoms with E-state index in [2.05, 4.69) is 15.6 Å². The second kappa shape index (κ2) is 4.44. The molecule has 1 fully saturated rings. The standard InChI is InChI=1S/C10H15N3O2/c1-7-9(13-6-15-7)10(14)12-5-8-2-3-11-4-8/h6,8,11H,2-5H2,1H3,(H,12,14). The van der Waals surface area contributed by atoms with Crippen LogP contribution in [0, 0.1) is 12.8 Å². The molecule has 1 aliphatic heterocycles. The summed E-state index contributed by atoms with van der Waals surface area (Å²) in [5.74, 6) is 0.964. The number of carbonyl (C=O) groups excluding carboxylic acids is 1.